The minimum Gasteiger partial charge on any atom is -0.487 e. The summed E-state index contributed by atoms with van der Waals surface area (Å²) in [6, 6.07) is 15.9. The van der Waals surface area contributed by atoms with E-state index in [-0.39, 0.29) is 24.7 Å². The average molecular weight is 465 g/mol. The molecule has 0 saturated carbocycles. The van der Waals surface area contributed by atoms with Crippen molar-refractivity contribution in [3.63, 3.8) is 0 Å². The molecule has 33 heavy (non-hydrogen) atoms. The lowest BCUT2D eigenvalue weighted by atomic mass is 10.2. The van der Waals surface area contributed by atoms with Crippen LogP contribution >= 0.6 is 11.3 Å². The van der Waals surface area contributed by atoms with Crippen LogP contribution in [0.3, 0.4) is 0 Å². The molecular weight excluding hydrogens is 440 g/mol. The van der Waals surface area contributed by atoms with Gasteiger partial charge >= 0.3 is 0 Å². The molecule has 0 fully saturated rings. The fourth-order valence-corrected chi connectivity index (χ4v) is 4.11. The average Bonchev–Trinajstić information content (AvgIpc) is 3.21. The molecule has 0 spiro atoms. The Labute approximate surface area is 194 Å². The lowest BCUT2D eigenvalue weighted by molar-refractivity contribution is -0.118. The second-order valence-corrected chi connectivity index (χ2v) is 8.53. The molecule has 2 aromatic carbocycles. The van der Waals surface area contributed by atoms with Crippen molar-refractivity contribution in [2.45, 2.75) is 33.3 Å². The van der Waals surface area contributed by atoms with Crippen molar-refractivity contribution in [3.8, 4) is 11.5 Å². The Bertz CT molecular complexity index is 1310. The van der Waals surface area contributed by atoms with Crippen molar-refractivity contribution in [2.75, 3.05) is 11.9 Å². The monoisotopic (exact) mass is 464 g/mol. The Morgan fingerprint density at radius 2 is 1.91 bits per heavy atom. The van der Waals surface area contributed by atoms with Gasteiger partial charge in [-0.25, -0.2) is 4.98 Å². The highest BCUT2D eigenvalue weighted by Crippen LogP contribution is 2.19. The van der Waals surface area contributed by atoms with Gasteiger partial charge in [0, 0.05) is 24.2 Å². The van der Waals surface area contributed by atoms with Crippen molar-refractivity contribution in [1.82, 2.24) is 14.6 Å². The number of aromatic nitrogens is 3. The molecule has 0 unspecified atom stereocenters. The van der Waals surface area contributed by atoms with Crippen LogP contribution in [0.2, 0.25) is 0 Å². The van der Waals surface area contributed by atoms with Crippen LogP contribution in [0.1, 0.15) is 29.6 Å². The fraction of sp³-hybridized carbons (Fsp3) is 0.250. The highest BCUT2D eigenvalue weighted by molar-refractivity contribution is 7.16. The molecule has 2 aromatic heterocycles. The predicted octanol–water partition coefficient (Wildman–Crippen LogP) is 4.01. The molecule has 0 aliphatic carbocycles. The normalized spacial score (nSPS) is 10.8. The second-order valence-electron chi connectivity index (χ2n) is 7.49. The van der Waals surface area contributed by atoms with Crippen LogP contribution in [0.4, 0.5) is 5.69 Å². The van der Waals surface area contributed by atoms with Gasteiger partial charge in [0.15, 0.2) is 6.61 Å². The van der Waals surface area contributed by atoms with E-state index >= 15 is 0 Å². The largest absolute Gasteiger partial charge is 0.487 e. The zero-order valence-corrected chi connectivity index (χ0v) is 19.2. The summed E-state index contributed by atoms with van der Waals surface area (Å²) in [6.45, 7) is 4.08. The second kappa shape index (κ2) is 10.3. The van der Waals surface area contributed by atoms with E-state index in [9.17, 15) is 9.59 Å². The predicted molar refractivity (Wildman–Crippen MR) is 127 cm³/mol. The fourth-order valence-electron chi connectivity index (χ4n) is 3.09. The molecule has 0 bridgehead atoms. The molecule has 0 saturated heterocycles. The van der Waals surface area contributed by atoms with Crippen molar-refractivity contribution in [1.29, 1.82) is 0 Å². The van der Waals surface area contributed by atoms with Crippen molar-refractivity contribution in [3.05, 3.63) is 81.2 Å². The molecule has 4 rings (SSSR count). The number of hydrogen-bond acceptors (Lipinski definition) is 7. The third-order valence-corrected chi connectivity index (χ3v) is 5.67. The van der Waals surface area contributed by atoms with Gasteiger partial charge in [-0.15, -0.1) is 0 Å². The maximum absolute atomic E-state index is 12.3. The Kier molecular flexibility index (Phi) is 6.99. The van der Waals surface area contributed by atoms with Gasteiger partial charge in [0.1, 0.15) is 23.1 Å². The Morgan fingerprint density at radius 3 is 2.70 bits per heavy atom. The number of nitrogens with one attached hydrogen (secondary N) is 1. The summed E-state index contributed by atoms with van der Waals surface area (Å²) in [7, 11) is 0. The van der Waals surface area contributed by atoms with Crippen LogP contribution in [0.15, 0.2) is 59.4 Å². The van der Waals surface area contributed by atoms with Gasteiger partial charge in [0.05, 0.1) is 5.69 Å². The van der Waals surface area contributed by atoms with Gasteiger partial charge in [-0.2, -0.15) is 9.61 Å². The van der Waals surface area contributed by atoms with E-state index < -0.39 is 0 Å². The molecule has 0 radical (unpaired) electrons. The van der Waals surface area contributed by atoms with Crippen LogP contribution in [0, 0.1) is 6.92 Å². The zero-order valence-electron chi connectivity index (χ0n) is 18.4. The SMILES string of the molecule is CCCc1nn2c(=O)cc(COc3cccc(NC(=O)COc4ccc(C)cc4)c3)nc2s1. The van der Waals surface area contributed by atoms with E-state index in [1.807, 2.05) is 31.2 Å². The third kappa shape index (κ3) is 5.95. The number of ether oxygens (including phenoxy) is 2. The first kappa shape index (κ1) is 22.5. The van der Waals surface area contributed by atoms with Crippen LogP contribution in [-0.4, -0.2) is 27.1 Å². The number of carbonyl (C=O) groups is 1. The van der Waals surface area contributed by atoms with E-state index in [0.29, 0.717) is 27.8 Å². The zero-order chi connectivity index (χ0) is 23.2. The maximum Gasteiger partial charge on any atom is 0.275 e. The standard InChI is InChI=1S/C24H24N4O4S/c1-3-5-22-27-28-23(30)13-18(26-24(28)33-22)14-31-20-7-4-6-17(12-20)25-21(29)15-32-19-10-8-16(2)9-11-19/h4,6-13H,3,5,14-15H2,1-2H3,(H,25,29). The molecule has 0 aliphatic rings. The molecule has 0 aliphatic heterocycles. The summed E-state index contributed by atoms with van der Waals surface area (Å²) < 4.78 is 12.6. The van der Waals surface area contributed by atoms with Crippen molar-refractivity contribution in [2.24, 2.45) is 0 Å². The molecule has 4 aromatic rings. The first-order valence-corrected chi connectivity index (χ1v) is 11.4. The number of anilines is 1. The van der Waals surface area contributed by atoms with E-state index in [0.717, 1.165) is 23.4 Å². The smallest absolute Gasteiger partial charge is 0.275 e. The molecule has 170 valence electrons. The molecule has 2 heterocycles. The molecule has 1 amide bonds. The summed E-state index contributed by atoms with van der Waals surface area (Å²) in [5.74, 6) is 0.905. The first-order chi connectivity index (χ1) is 16.0. The molecule has 8 nitrogen and oxygen atoms in total. The lowest BCUT2D eigenvalue weighted by Crippen LogP contribution is -2.20. The Balaban J connectivity index is 1.35. The Hall–Kier alpha value is -3.72. The van der Waals surface area contributed by atoms with Crippen LogP contribution in [0.5, 0.6) is 11.5 Å². The summed E-state index contributed by atoms with van der Waals surface area (Å²) in [5, 5.41) is 7.98. The van der Waals surface area contributed by atoms with E-state index in [4.69, 9.17) is 9.47 Å². The maximum atomic E-state index is 12.3. The minimum atomic E-state index is -0.277. The highest BCUT2D eigenvalue weighted by Gasteiger charge is 2.10. The highest BCUT2D eigenvalue weighted by atomic mass is 32.1. The van der Waals surface area contributed by atoms with Crippen molar-refractivity contribution >= 4 is 27.9 Å². The van der Waals surface area contributed by atoms with Crippen molar-refractivity contribution < 1.29 is 14.3 Å². The third-order valence-electron chi connectivity index (χ3n) is 4.70. The van der Waals surface area contributed by atoms with E-state index in [1.54, 1.807) is 24.3 Å². The van der Waals surface area contributed by atoms with Gasteiger partial charge in [0.2, 0.25) is 4.96 Å². The number of hydrogen-bond donors (Lipinski definition) is 1. The number of benzene rings is 2. The summed E-state index contributed by atoms with van der Waals surface area (Å²) >= 11 is 1.41. The molecule has 0 atom stereocenters. The van der Waals surface area contributed by atoms with Crippen LogP contribution < -0.4 is 20.3 Å². The minimum absolute atomic E-state index is 0.100. The van der Waals surface area contributed by atoms with Gasteiger partial charge in [-0.3, -0.25) is 9.59 Å². The van der Waals surface area contributed by atoms with Gasteiger partial charge < -0.3 is 14.8 Å². The molecular formula is C24H24N4O4S. The van der Waals surface area contributed by atoms with Gasteiger partial charge in [-0.1, -0.05) is 42.0 Å². The van der Waals surface area contributed by atoms with Gasteiger partial charge in [-0.05, 0) is 37.6 Å². The number of rotatable bonds is 9. The molecule has 9 heteroatoms. The number of aryl methyl sites for hydroxylation is 2. The van der Waals surface area contributed by atoms with Crippen LogP contribution in [0.25, 0.3) is 4.96 Å². The quantitative estimate of drug-likeness (QED) is 0.402. The summed E-state index contributed by atoms with van der Waals surface area (Å²) in [6.07, 6.45) is 1.77. The number of carbonyl (C=O) groups excluding carboxylic acids is 1. The molecule has 1 N–H and O–H groups in total. The summed E-state index contributed by atoms with van der Waals surface area (Å²) in [4.78, 5) is 29.6. The van der Waals surface area contributed by atoms with Gasteiger partial charge in [0.25, 0.3) is 11.5 Å². The lowest BCUT2D eigenvalue weighted by Gasteiger charge is -2.10. The number of amides is 1. The number of fused-ring (bicyclic) bond motifs is 1. The Morgan fingerprint density at radius 1 is 1.09 bits per heavy atom. The van der Waals surface area contributed by atoms with E-state index in [1.165, 1.54) is 21.9 Å². The van der Waals surface area contributed by atoms with E-state index in [2.05, 4.69) is 22.3 Å². The van der Waals surface area contributed by atoms with Crippen LogP contribution in [-0.2, 0) is 17.8 Å². The number of nitrogens with zero attached hydrogens (tertiary/aromatic N) is 3. The topological polar surface area (TPSA) is 94.8 Å². The first-order valence-electron chi connectivity index (χ1n) is 10.6. The summed E-state index contributed by atoms with van der Waals surface area (Å²) in [5.41, 5.74) is 2.00.